The number of nitro benzene ring substituents is 1. The highest BCUT2D eigenvalue weighted by Gasteiger charge is 2.29. The Morgan fingerprint density at radius 1 is 1.38 bits per heavy atom. The first kappa shape index (κ1) is 24.3. The van der Waals surface area contributed by atoms with Gasteiger partial charge in [0.1, 0.15) is 28.8 Å². The Kier molecular flexibility index (Phi) is 8.99. The molecule has 0 saturated carbocycles. The second-order valence-electron chi connectivity index (χ2n) is 5.55. The Balaban J connectivity index is 3.52. The summed E-state index contributed by atoms with van der Waals surface area (Å²) >= 11 is 11.5. The maximum Gasteiger partial charge on any atom is 0.343 e. The second kappa shape index (κ2) is 10.7. The summed E-state index contributed by atoms with van der Waals surface area (Å²) in [6.45, 7) is 4.10. The number of aliphatic imine (C=N–C) groups is 1. The fraction of sp³-hybridized carbons (Fsp3) is 0.353. The molecule has 0 unspecified atom stereocenters. The zero-order valence-electron chi connectivity index (χ0n) is 15.6. The molecule has 0 aliphatic carbocycles. The minimum absolute atomic E-state index is 0.0602. The molecule has 0 aliphatic heterocycles. The van der Waals surface area contributed by atoms with E-state index in [4.69, 9.17) is 32.7 Å². The topological polar surface area (TPSA) is 128 Å². The molecular weight excluding hydrogens is 434 g/mol. The minimum Gasteiger partial charge on any atom is -0.506 e. The van der Waals surface area contributed by atoms with Crippen molar-refractivity contribution in [3.8, 4) is 0 Å². The molecule has 0 spiro atoms. The molecular formula is C17H17Cl2FN2O7. The van der Waals surface area contributed by atoms with Crippen molar-refractivity contribution < 1.29 is 33.5 Å². The number of carbonyl (C=O) groups is 2. The lowest BCUT2D eigenvalue weighted by atomic mass is 10.1. The van der Waals surface area contributed by atoms with E-state index in [1.807, 2.05) is 0 Å². The predicted octanol–water partition coefficient (Wildman–Crippen LogP) is 3.90. The van der Waals surface area contributed by atoms with Crippen molar-refractivity contribution in [2.24, 2.45) is 4.99 Å². The van der Waals surface area contributed by atoms with Gasteiger partial charge in [-0.2, -0.15) is 0 Å². The van der Waals surface area contributed by atoms with Crippen molar-refractivity contribution in [3.63, 3.8) is 0 Å². The Morgan fingerprint density at radius 2 is 2.00 bits per heavy atom. The van der Waals surface area contributed by atoms with Gasteiger partial charge in [0.2, 0.25) is 0 Å². The van der Waals surface area contributed by atoms with Crippen LogP contribution in [-0.4, -0.2) is 47.4 Å². The van der Waals surface area contributed by atoms with Gasteiger partial charge in [0.15, 0.2) is 5.02 Å². The van der Waals surface area contributed by atoms with Crippen LogP contribution < -0.4 is 0 Å². The molecule has 1 aromatic rings. The van der Waals surface area contributed by atoms with Crippen LogP contribution in [0.15, 0.2) is 16.6 Å². The number of aliphatic hydroxyl groups is 1. The maximum absolute atomic E-state index is 14.0. The Labute approximate surface area is 174 Å². The summed E-state index contributed by atoms with van der Waals surface area (Å²) in [5, 5.41) is 20.1. The summed E-state index contributed by atoms with van der Waals surface area (Å²) in [5.41, 5.74) is -2.07. The molecule has 0 saturated heterocycles. The van der Waals surface area contributed by atoms with E-state index in [2.05, 4.69) is 4.99 Å². The molecule has 1 N–H and O–H groups in total. The molecule has 0 heterocycles. The molecule has 1 aromatic carbocycles. The van der Waals surface area contributed by atoms with Gasteiger partial charge in [0.25, 0.3) is 0 Å². The van der Waals surface area contributed by atoms with Gasteiger partial charge in [0.05, 0.1) is 17.6 Å². The van der Waals surface area contributed by atoms with Crippen molar-refractivity contribution in [1.82, 2.24) is 0 Å². The molecule has 0 aromatic heterocycles. The third kappa shape index (κ3) is 6.40. The zero-order valence-corrected chi connectivity index (χ0v) is 17.1. The number of halogens is 3. The average molecular weight is 451 g/mol. The number of benzene rings is 1. The molecule has 158 valence electrons. The van der Waals surface area contributed by atoms with Crippen LogP contribution >= 0.6 is 23.2 Å². The van der Waals surface area contributed by atoms with Crippen molar-refractivity contribution in [1.29, 1.82) is 0 Å². The molecule has 1 rings (SSSR count). The number of hydrogen-bond acceptors (Lipinski definition) is 8. The fourth-order valence-corrected chi connectivity index (χ4v) is 2.54. The normalized spacial score (nSPS) is 13.0. The molecule has 0 aliphatic rings. The van der Waals surface area contributed by atoms with E-state index in [1.165, 1.54) is 13.8 Å². The Morgan fingerprint density at radius 3 is 2.52 bits per heavy atom. The largest absolute Gasteiger partial charge is 0.506 e. The number of rotatable bonds is 8. The van der Waals surface area contributed by atoms with Crippen LogP contribution in [0.5, 0.6) is 0 Å². The van der Waals surface area contributed by atoms with E-state index in [0.29, 0.717) is 6.07 Å². The van der Waals surface area contributed by atoms with Crippen molar-refractivity contribution in [2.45, 2.75) is 26.8 Å². The van der Waals surface area contributed by atoms with Gasteiger partial charge in [-0.1, -0.05) is 23.2 Å². The number of nitrogens with zero attached hydrogens (tertiary/aromatic N) is 2. The number of carbonyl (C=O) groups excluding carboxylic acids is 2. The van der Waals surface area contributed by atoms with Gasteiger partial charge in [-0.05, 0) is 19.9 Å². The number of aliphatic hydroxyl groups excluding tert-OH is 1. The SMILES string of the molecule is CCOC(=O)/C(C=N[C@@H](C)COC(C)=O)=C(/O)c1cc(F)c(Cl)c([N+](=O)[O-])c1Cl. The second-order valence-corrected chi connectivity index (χ2v) is 6.31. The summed E-state index contributed by atoms with van der Waals surface area (Å²) < 4.78 is 23.6. The molecule has 0 fully saturated rings. The van der Waals surface area contributed by atoms with E-state index >= 15 is 0 Å². The quantitative estimate of drug-likeness (QED) is 0.121. The van der Waals surface area contributed by atoms with Crippen LogP contribution in [0.3, 0.4) is 0 Å². The molecule has 0 amide bonds. The number of ether oxygens (including phenoxy) is 2. The first-order valence-corrected chi connectivity index (χ1v) is 8.85. The molecule has 12 heteroatoms. The monoisotopic (exact) mass is 450 g/mol. The molecule has 29 heavy (non-hydrogen) atoms. The van der Waals surface area contributed by atoms with E-state index in [0.717, 1.165) is 6.21 Å². The highest BCUT2D eigenvalue weighted by atomic mass is 35.5. The van der Waals surface area contributed by atoms with Crippen molar-refractivity contribution in [2.75, 3.05) is 13.2 Å². The number of esters is 2. The maximum atomic E-state index is 14.0. The summed E-state index contributed by atoms with van der Waals surface area (Å²) in [5.74, 6) is -3.71. The van der Waals surface area contributed by atoms with Crippen LogP contribution in [0, 0.1) is 15.9 Å². The Hall–Kier alpha value is -2.72. The lowest BCUT2D eigenvalue weighted by Gasteiger charge is -2.11. The smallest absolute Gasteiger partial charge is 0.343 e. The predicted molar refractivity (Wildman–Crippen MR) is 104 cm³/mol. The third-order valence-corrected chi connectivity index (χ3v) is 4.05. The van der Waals surface area contributed by atoms with E-state index in [1.54, 1.807) is 6.92 Å². The van der Waals surface area contributed by atoms with E-state index in [9.17, 15) is 29.2 Å². The number of nitro groups is 1. The molecule has 9 nitrogen and oxygen atoms in total. The molecule has 1 atom stereocenters. The van der Waals surface area contributed by atoms with Crippen LogP contribution in [0.4, 0.5) is 10.1 Å². The Bertz CT molecular complexity index is 887. The minimum atomic E-state index is -1.23. The van der Waals surface area contributed by atoms with Gasteiger partial charge in [-0.25, -0.2) is 9.18 Å². The van der Waals surface area contributed by atoms with Crippen molar-refractivity contribution >= 4 is 52.8 Å². The van der Waals surface area contributed by atoms with Gasteiger partial charge < -0.3 is 14.6 Å². The lowest BCUT2D eigenvalue weighted by molar-refractivity contribution is -0.384. The van der Waals surface area contributed by atoms with Gasteiger partial charge >= 0.3 is 17.6 Å². The first-order chi connectivity index (χ1) is 13.5. The summed E-state index contributed by atoms with van der Waals surface area (Å²) in [4.78, 5) is 37.1. The van der Waals surface area contributed by atoms with E-state index in [-0.39, 0.29) is 13.2 Å². The van der Waals surface area contributed by atoms with Gasteiger partial charge in [-0.3, -0.25) is 19.9 Å². The van der Waals surface area contributed by atoms with E-state index < -0.39 is 61.3 Å². The average Bonchev–Trinajstić information content (AvgIpc) is 2.63. The van der Waals surface area contributed by atoms with Crippen LogP contribution in [0.1, 0.15) is 26.3 Å². The summed E-state index contributed by atoms with van der Waals surface area (Å²) in [6, 6.07) is 0.0328. The third-order valence-electron chi connectivity index (χ3n) is 3.31. The molecule has 0 bridgehead atoms. The highest BCUT2D eigenvalue weighted by molar-refractivity contribution is 6.39. The molecule has 0 radical (unpaired) electrons. The fourth-order valence-electron chi connectivity index (χ4n) is 1.97. The highest BCUT2D eigenvalue weighted by Crippen LogP contribution is 2.39. The summed E-state index contributed by atoms with van der Waals surface area (Å²) in [6.07, 6.45) is 0.913. The number of hydrogen-bond donors (Lipinski definition) is 1. The summed E-state index contributed by atoms with van der Waals surface area (Å²) in [7, 11) is 0. The van der Waals surface area contributed by atoms with Gasteiger partial charge in [0, 0.05) is 18.7 Å². The van der Waals surface area contributed by atoms with Crippen LogP contribution in [-0.2, 0) is 19.1 Å². The van der Waals surface area contributed by atoms with Gasteiger partial charge in [-0.15, -0.1) is 0 Å². The standard InChI is InChI=1S/C17H17Cl2FN2O7/c1-4-28-17(25)11(6-21-8(2)7-29-9(3)23)16(24)10-5-12(20)14(19)15(13(10)18)22(26)27/h5-6,8,24H,4,7H2,1-3H3/b16-11+,21-6?/t8-/m0/s1. The zero-order chi connectivity index (χ0) is 22.3. The van der Waals surface area contributed by atoms with Crippen molar-refractivity contribution in [3.05, 3.63) is 43.2 Å². The lowest BCUT2D eigenvalue weighted by Crippen LogP contribution is -2.15. The van der Waals surface area contributed by atoms with Crippen LogP contribution in [0.2, 0.25) is 10.0 Å². The first-order valence-electron chi connectivity index (χ1n) is 8.10. The van der Waals surface area contributed by atoms with Crippen LogP contribution in [0.25, 0.3) is 5.76 Å².